The molecule has 2 aromatic rings. The van der Waals surface area contributed by atoms with Crippen LogP contribution in [0.2, 0.25) is 5.02 Å². The molecule has 1 aliphatic rings. The number of thioether (sulfide) groups is 1. The Labute approximate surface area is 189 Å². The summed E-state index contributed by atoms with van der Waals surface area (Å²) in [4.78, 5) is 30.9. The number of rotatable bonds is 6. The normalized spacial score (nSPS) is 16.2. The number of methoxy groups -OCH3 is 2. The second-order valence-electron chi connectivity index (χ2n) is 6.37. The molecule has 2 aromatic carbocycles. The lowest BCUT2D eigenvalue weighted by Crippen LogP contribution is -2.23. The molecular formula is C22H21ClN2O5S. The number of esters is 1. The van der Waals surface area contributed by atoms with Crippen LogP contribution >= 0.6 is 23.4 Å². The Hall–Kier alpha value is -2.97. The number of likely N-dealkylation sites (N-methyl/N-ethyl adjacent to an activating group) is 1. The van der Waals surface area contributed by atoms with Gasteiger partial charge in [-0.05, 0) is 60.7 Å². The zero-order chi connectivity index (χ0) is 22.5. The van der Waals surface area contributed by atoms with Gasteiger partial charge in [-0.2, -0.15) is 0 Å². The van der Waals surface area contributed by atoms with Crippen molar-refractivity contribution in [2.24, 2.45) is 4.99 Å². The molecule has 3 rings (SSSR count). The van der Waals surface area contributed by atoms with Crippen LogP contribution in [0.15, 0.2) is 46.3 Å². The van der Waals surface area contributed by atoms with Crippen molar-refractivity contribution < 1.29 is 23.8 Å². The molecule has 0 radical (unpaired) electrons. The summed E-state index contributed by atoms with van der Waals surface area (Å²) in [6.45, 7) is 2.06. The number of carbonyl (C=O) groups excluding carboxylic acids is 2. The Morgan fingerprint density at radius 3 is 2.42 bits per heavy atom. The predicted molar refractivity (Wildman–Crippen MR) is 122 cm³/mol. The van der Waals surface area contributed by atoms with E-state index in [1.165, 1.54) is 30.9 Å². The lowest BCUT2D eigenvalue weighted by atomic mass is 10.1. The molecule has 0 N–H and O–H groups in total. The van der Waals surface area contributed by atoms with Crippen molar-refractivity contribution in [3.05, 3.63) is 57.5 Å². The van der Waals surface area contributed by atoms with Gasteiger partial charge < -0.3 is 14.2 Å². The Balaban J connectivity index is 1.86. The van der Waals surface area contributed by atoms with Crippen LogP contribution in [0.5, 0.6) is 11.5 Å². The van der Waals surface area contributed by atoms with Gasteiger partial charge in [-0.1, -0.05) is 11.6 Å². The van der Waals surface area contributed by atoms with Gasteiger partial charge in [0.1, 0.15) is 0 Å². The van der Waals surface area contributed by atoms with E-state index >= 15 is 0 Å². The van der Waals surface area contributed by atoms with Crippen LogP contribution in [0, 0.1) is 0 Å². The molecule has 0 bridgehead atoms. The minimum atomic E-state index is -0.388. The van der Waals surface area contributed by atoms with Gasteiger partial charge in [0.2, 0.25) is 0 Å². The Kier molecular flexibility index (Phi) is 7.25. The maximum atomic E-state index is 12.7. The summed E-state index contributed by atoms with van der Waals surface area (Å²) in [6.07, 6.45) is 1.69. The van der Waals surface area contributed by atoms with E-state index in [4.69, 9.17) is 25.8 Å². The molecule has 0 spiro atoms. The first-order valence-corrected chi connectivity index (χ1v) is 10.5. The summed E-state index contributed by atoms with van der Waals surface area (Å²) in [5, 5.41) is 0.942. The van der Waals surface area contributed by atoms with Crippen molar-refractivity contribution >= 4 is 52.2 Å². The third-order valence-corrected chi connectivity index (χ3v) is 5.78. The summed E-state index contributed by atoms with van der Waals surface area (Å²) in [7, 11) is 4.71. The van der Waals surface area contributed by atoms with Crippen LogP contribution in [0.3, 0.4) is 0 Å². The SMILES string of the molecule is CCOC(=O)c1ccc(N=C2S/C(=C\c3cc(OC)c(OC)cc3Cl)C(=O)N2C)cc1. The fourth-order valence-corrected chi connectivity index (χ4v) is 3.96. The Bertz CT molecular complexity index is 1070. The van der Waals surface area contributed by atoms with Crippen LogP contribution in [-0.4, -0.2) is 49.8 Å². The molecule has 0 unspecified atom stereocenters. The number of halogens is 1. The fraction of sp³-hybridized carbons (Fsp3) is 0.227. The molecule has 0 atom stereocenters. The number of nitrogens with zero attached hydrogens (tertiary/aromatic N) is 2. The predicted octanol–water partition coefficient (Wildman–Crippen LogP) is 4.77. The molecule has 1 fully saturated rings. The number of benzene rings is 2. The number of hydrogen-bond donors (Lipinski definition) is 0. The maximum absolute atomic E-state index is 12.7. The largest absolute Gasteiger partial charge is 0.493 e. The Morgan fingerprint density at radius 2 is 1.81 bits per heavy atom. The van der Waals surface area contributed by atoms with E-state index in [1.54, 1.807) is 56.4 Å². The Morgan fingerprint density at radius 1 is 1.16 bits per heavy atom. The number of aliphatic imine (C=N–C) groups is 1. The van der Waals surface area contributed by atoms with Gasteiger partial charge in [0.05, 0.1) is 42.0 Å². The van der Waals surface area contributed by atoms with Gasteiger partial charge in [-0.15, -0.1) is 0 Å². The maximum Gasteiger partial charge on any atom is 0.338 e. The highest BCUT2D eigenvalue weighted by Gasteiger charge is 2.30. The molecule has 7 nitrogen and oxygen atoms in total. The van der Waals surface area contributed by atoms with Crippen LogP contribution < -0.4 is 9.47 Å². The minimum absolute atomic E-state index is 0.197. The van der Waals surface area contributed by atoms with E-state index < -0.39 is 0 Å². The molecule has 162 valence electrons. The average Bonchev–Trinajstić information content (AvgIpc) is 3.03. The number of amidine groups is 1. The molecule has 0 saturated carbocycles. The molecule has 1 heterocycles. The summed E-state index contributed by atoms with van der Waals surface area (Å²) < 4.78 is 15.5. The quantitative estimate of drug-likeness (QED) is 0.456. The van der Waals surface area contributed by atoms with E-state index in [2.05, 4.69) is 4.99 Å². The van der Waals surface area contributed by atoms with Crippen LogP contribution in [0.25, 0.3) is 6.08 Å². The summed E-state index contributed by atoms with van der Waals surface area (Å²) in [6, 6.07) is 10.0. The number of ether oxygens (including phenoxy) is 3. The van der Waals surface area contributed by atoms with Crippen molar-refractivity contribution in [1.29, 1.82) is 0 Å². The van der Waals surface area contributed by atoms with E-state index in [0.29, 0.717) is 50.0 Å². The van der Waals surface area contributed by atoms with E-state index in [1.807, 2.05) is 0 Å². The lowest BCUT2D eigenvalue weighted by Gasteiger charge is -2.10. The summed E-state index contributed by atoms with van der Waals surface area (Å²) in [5.41, 5.74) is 1.68. The molecule has 1 saturated heterocycles. The van der Waals surface area contributed by atoms with Crippen LogP contribution in [0.4, 0.5) is 5.69 Å². The van der Waals surface area contributed by atoms with Crippen molar-refractivity contribution in [1.82, 2.24) is 4.90 Å². The summed E-state index contributed by atoms with van der Waals surface area (Å²) in [5.74, 6) is 0.433. The summed E-state index contributed by atoms with van der Waals surface area (Å²) >= 11 is 7.58. The second kappa shape index (κ2) is 9.89. The molecular weight excluding hydrogens is 440 g/mol. The monoisotopic (exact) mass is 460 g/mol. The number of hydrogen-bond acceptors (Lipinski definition) is 7. The van der Waals surface area contributed by atoms with Crippen molar-refractivity contribution in [2.75, 3.05) is 27.9 Å². The van der Waals surface area contributed by atoms with E-state index in [-0.39, 0.29) is 11.9 Å². The van der Waals surface area contributed by atoms with Crippen molar-refractivity contribution in [2.45, 2.75) is 6.92 Å². The van der Waals surface area contributed by atoms with Gasteiger partial charge in [0.15, 0.2) is 16.7 Å². The third kappa shape index (κ3) is 5.03. The van der Waals surface area contributed by atoms with Gasteiger partial charge in [0, 0.05) is 13.1 Å². The second-order valence-corrected chi connectivity index (χ2v) is 7.78. The smallest absolute Gasteiger partial charge is 0.338 e. The fourth-order valence-electron chi connectivity index (χ4n) is 2.77. The molecule has 1 aliphatic heterocycles. The average molecular weight is 461 g/mol. The highest BCUT2D eigenvalue weighted by molar-refractivity contribution is 8.18. The first-order valence-electron chi connectivity index (χ1n) is 9.33. The van der Waals surface area contributed by atoms with Gasteiger partial charge in [-0.25, -0.2) is 9.79 Å². The first kappa shape index (κ1) is 22.7. The van der Waals surface area contributed by atoms with Crippen molar-refractivity contribution in [3.8, 4) is 11.5 Å². The topological polar surface area (TPSA) is 77.4 Å². The first-order chi connectivity index (χ1) is 14.9. The molecule has 0 aliphatic carbocycles. The standard InChI is InChI=1S/C22H21ClN2O5S/c1-5-30-21(27)13-6-8-15(9-7-13)24-22-25(2)20(26)19(31-22)11-14-10-17(28-3)18(29-4)12-16(14)23/h6-12H,5H2,1-4H3/b19-11-,24-22?. The molecule has 1 amide bonds. The highest BCUT2D eigenvalue weighted by atomic mass is 35.5. The van der Waals surface area contributed by atoms with Crippen molar-refractivity contribution in [3.63, 3.8) is 0 Å². The third-order valence-electron chi connectivity index (χ3n) is 4.40. The molecule has 9 heteroatoms. The zero-order valence-corrected chi connectivity index (χ0v) is 19.0. The minimum Gasteiger partial charge on any atom is -0.493 e. The zero-order valence-electron chi connectivity index (χ0n) is 17.5. The van der Waals surface area contributed by atoms with Gasteiger partial charge >= 0.3 is 5.97 Å². The van der Waals surface area contributed by atoms with Gasteiger partial charge in [-0.3, -0.25) is 9.69 Å². The molecule has 31 heavy (non-hydrogen) atoms. The number of carbonyl (C=O) groups is 2. The lowest BCUT2D eigenvalue weighted by molar-refractivity contribution is -0.121. The van der Waals surface area contributed by atoms with E-state index in [0.717, 1.165) is 0 Å². The highest BCUT2D eigenvalue weighted by Crippen LogP contribution is 2.38. The number of amides is 1. The van der Waals surface area contributed by atoms with Crippen LogP contribution in [0.1, 0.15) is 22.8 Å². The van der Waals surface area contributed by atoms with Crippen LogP contribution in [-0.2, 0) is 9.53 Å². The van der Waals surface area contributed by atoms with Gasteiger partial charge in [0.25, 0.3) is 5.91 Å². The molecule has 0 aromatic heterocycles. The van der Waals surface area contributed by atoms with E-state index in [9.17, 15) is 9.59 Å².